The lowest BCUT2D eigenvalue weighted by Crippen LogP contribution is -2.71. The number of aromatic nitrogens is 1. The number of nitrogens with zero attached hydrogens (tertiary/aromatic N) is 4. The Hall–Kier alpha value is -3.34. The molecule has 0 unspecified atom stereocenters. The highest BCUT2D eigenvalue weighted by atomic mass is 32.2. The molecule has 1 aromatic heterocycles. The number of fused-ring (bicyclic) bond motifs is 1. The predicted molar refractivity (Wildman–Crippen MR) is 138 cm³/mol. The summed E-state index contributed by atoms with van der Waals surface area (Å²) in [6, 6.07) is 3.47. The minimum absolute atomic E-state index is 0.0280. The zero-order valence-electron chi connectivity index (χ0n) is 18.5. The third kappa shape index (κ3) is 5.11. The molecule has 4 rings (SSSR count). The summed E-state index contributed by atoms with van der Waals surface area (Å²) >= 11 is 4.00. The Balaban J connectivity index is 1.50. The van der Waals surface area contributed by atoms with E-state index in [1.807, 2.05) is 6.08 Å². The van der Waals surface area contributed by atoms with E-state index in [0.717, 1.165) is 5.03 Å². The van der Waals surface area contributed by atoms with Crippen LogP contribution in [-0.4, -0.2) is 77.6 Å². The molecular weight excluding hydrogens is 528 g/mol. The van der Waals surface area contributed by atoms with Crippen LogP contribution >= 0.6 is 35.5 Å². The number of nitrogen functional groups attached to an aromatic ring is 1. The molecule has 1 fully saturated rings. The van der Waals surface area contributed by atoms with E-state index in [2.05, 4.69) is 20.9 Å². The fourth-order valence-electron chi connectivity index (χ4n) is 3.49. The van der Waals surface area contributed by atoms with Crippen LogP contribution < -0.4 is 22.2 Å². The molecule has 0 spiro atoms. The van der Waals surface area contributed by atoms with Crippen molar-refractivity contribution in [1.29, 1.82) is 0 Å². The molecule has 1 aromatic rings. The van der Waals surface area contributed by atoms with Crippen LogP contribution in [0.4, 0.5) is 5.82 Å². The summed E-state index contributed by atoms with van der Waals surface area (Å²) in [7, 11) is 0. The first-order valence-corrected chi connectivity index (χ1v) is 13.3. The lowest BCUT2D eigenvalue weighted by Gasteiger charge is -2.49. The molecule has 0 radical (unpaired) electrons. The average molecular weight is 551 g/mol. The quantitative estimate of drug-likeness (QED) is 0.0793. The zero-order valence-corrected chi connectivity index (χ0v) is 21.0. The highest BCUT2D eigenvalue weighted by Gasteiger charge is 2.54. The average Bonchev–Trinajstić information content (AvgIpc) is 2.86. The first-order valence-electron chi connectivity index (χ1n) is 10.5. The number of carboxylic acids is 1. The minimum Gasteiger partial charge on any atom is -0.477 e. The number of anilines is 1. The molecule has 3 aliphatic heterocycles. The number of hydrogen-bond acceptors (Lipinski definition) is 13. The van der Waals surface area contributed by atoms with Crippen LogP contribution in [-0.2, 0) is 14.4 Å². The molecule has 0 aliphatic carbocycles. The second kappa shape index (κ2) is 11.2. The number of aliphatic carboxylic acids is 1. The van der Waals surface area contributed by atoms with Gasteiger partial charge in [0.05, 0.1) is 0 Å². The van der Waals surface area contributed by atoms with Gasteiger partial charge >= 0.3 is 5.97 Å². The van der Waals surface area contributed by atoms with E-state index in [9.17, 15) is 24.7 Å². The number of hydrogen-bond donors (Lipinski definition) is 6. The van der Waals surface area contributed by atoms with E-state index in [1.165, 1.54) is 58.6 Å². The third-order valence-electron chi connectivity index (χ3n) is 5.04. The molecule has 0 aromatic carbocycles. The van der Waals surface area contributed by atoms with Gasteiger partial charge in [0.2, 0.25) is 0 Å². The number of nitrogens with two attached hydrogens (primary N) is 2. The number of carboxylic acid groups (broad SMARTS) is 1. The van der Waals surface area contributed by atoms with E-state index in [-0.39, 0.29) is 17.2 Å². The van der Waals surface area contributed by atoms with Gasteiger partial charge in [0, 0.05) is 29.2 Å². The third-order valence-corrected chi connectivity index (χ3v) is 8.71. The number of β-lactam (4-membered cyclic amide) rings is 1. The summed E-state index contributed by atoms with van der Waals surface area (Å²) in [6.07, 6.45) is 5.35. The molecule has 16 heteroatoms. The Bertz CT molecular complexity index is 1200. The smallest absolute Gasteiger partial charge is 0.353 e. The van der Waals surface area contributed by atoms with Crippen molar-refractivity contribution in [1.82, 2.24) is 25.0 Å². The molecule has 0 saturated carbocycles. The minimum atomic E-state index is -1.25. The molecule has 3 aliphatic rings. The van der Waals surface area contributed by atoms with Crippen molar-refractivity contribution >= 4 is 64.8 Å². The molecule has 2 amide bonds. The lowest BCUT2D eigenvalue weighted by molar-refractivity contribution is -0.150. The van der Waals surface area contributed by atoms with Crippen molar-refractivity contribution in [3.05, 3.63) is 57.9 Å². The van der Waals surface area contributed by atoms with Gasteiger partial charge in [-0.05, 0) is 36.2 Å². The lowest BCUT2D eigenvalue weighted by atomic mass is 10.0. The van der Waals surface area contributed by atoms with Gasteiger partial charge in [-0.25, -0.2) is 14.2 Å². The van der Waals surface area contributed by atoms with Crippen LogP contribution in [0.3, 0.4) is 0 Å². The SMILES string of the molecule is NCCSN1NC=CC=C1SC1=C(C(=O)O)N2C(=O)[C@@H](NC(=O)/C(=N\O)c3cccc(N)n3)[C@H]2SC1. The number of thioether (sulfide) groups is 2. The number of amides is 2. The normalized spacial score (nSPS) is 21.4. The van der Waals surface area contributed by atoms with Gasteiger partial charge in [0.1, 0.15) is 33.7 Å². The summed E-state index contributed by atoms with van der Waals surface area (Å²) in [5, 5.41) is 24.9. The number of hydrazine groups is 1. The summed E-state index contributed by atoms with van der Waals surface area (Å²) in [5.74, 6) is -1.59. The Kier molecular flexibility index (Phi) is 7.97. The molecule has 4 heterocycles. The number of pyridine rings is 1. The number of allylic oxidation sites excluding steroid dienone is 2. The number of carbonyl (C=O) groups is 3. The van der Waals surface area contributed by atoms with Crippen molar-refractivity contribution in [2.24, 2.45) is 10.9 Å². The van der Waals surface area contributed by atoms with Gasteiger partial charge in [-0.3, -0.25) is 19.9 Å². The van der Waals surface area contributed by atoms with Crippen LogP contribution in [0.1, 0.15) is 5.69 Å². The van der Waals surface area contributed by atoms with Crippen molar-refractivity contribution in [3.8, 4) is 0 Å². The summed E-state index contributed by atoms with van der Waals surface area (Å²) in [6.45, 7) is 0.469. The van der Waals surface area contributed by atoms with Crippen molar-refractivity contribution in [2.75, 3.05) is 23.8 Å². The Labute approximate surface area is 218 Å². The zero-order chi connectivity index (χ0) is 25.8. The predicted octanol–water partition coefficient (Wildman–Crippen LogP) is 0.0536. The summed E-state index contributed by atoms with van der Waals surface area (Å²) in [5.41, 5.74) is 13.8. The van der Waals surface area contributed by atoms with E-state index in [1.54, 1.807) is 16.7 Å². The number of nitrogens with one attached hydrogen (secondary N) is 2. The fourth-order valence-corrected chi connectivity index (χ4v) is 6.83. The van der Waals surface area contributed by atoms with E-state index < -0.39 is 34.9 Å². The van der Waals surface area contributed by atoms with Gasteiger partial charge in [0.15, 0.2) is 5.71 Å². The molecule has 8 N–H and O–H groups in total. The maximum atomic E-state index is 13.0. The second-order valence-corrected chi connectivity index (χ2v) is 10.6. The van der Waals surface area contributed by atoms with Crippen molar-refractivity contribution in [3.63, 3.8) is 0 Å². The van der Waals surface area contributed by atoms with Crippen LogP contribution in [0.25, 0.3) is 0 Å². The molecule has 1 saturated heterocycles. The van der Waals surface area contributed by atoms with Crippen molar-refractivity contribution in [2.45, 2.75) is 11.4 Å². The van der Waals surface area contributed by atoms with Crippen LogP contribution in [0.5, 0.6) is 0 Å². The van der Waals surface area contributed by atoms with Gasteiger partial charge in [-0.1, -0.05) is 23.0 Å². The number of oxime groups is 1. The first kappa shape index (κ1) is 25.7. The maximum Gasteiger partial charge on any atom is 0.353 e. The van der Waals surface area contributed by atoms with Crippen LogP contribution in [0, 0.1) is 0 Å². The summed E-state index contributed by atoms with van der Waals surface area (Å²) in [4.78, 5) is 43.5. The molecule has 13 nitrogen and oxygen atoms in total. The number of carbonyl (C=O) groups excluding carboxylic acids is 2. The van der Waals surface area contributed by atoms with Gasteiger partial charge < -0.3 is 27.1 Å². The van der Waals surface area contributed by atoms with Gasteiger partial charge in [-0.15, -0.1) is 11.8 Å². The Morgan fingerprint density at radius 1 is 1.39 bits per heavy atom. The highest BCUT2D eigenvalue weighted by molar-refractivity contribution is 8.09. The molecule has 190 valence electrons. The van der Waals surface area contributed by atoms with Gasteiger partial charge in [0.25, 0.3) is 11.8 Å². The fraction of sp³-hybridized carbons (Fsp3) is 0.250. The van der Waals surface area contributed by atoms with Crippen molar-refractivity contribution < 1.29 is 24.7 Å². The standard InChI is InChI=1S/C20H22N8O5S3/c21-6-8-35-28-13(5-2-7-23-28)36-11-9-34-19-15(18(30)27(19)16(11)20(31)32)25-17(29)14(26-33)10-3-1-4-12(22)24-10/h1-5,7,15,19,23,33H,6,8-9,21H2,(H2,22,24)(H,25,29)(H,31,32)/b26-14-/t15-,19-/m1/s1. The van der Waals surface area contributed by atoms with Crippen LogP contribution in [0.2, 0.25) is 0 Å². The van der Waals surface area contributed by atoms with E-state index >= 15 is 0 Å². The molecule has 0 bridgehead atoms. The molecular formula is C20H22N8O5S3. The van der Waals surface area contributed by atoms with E-state index in [4.69, 9.17) is 11.5 Å². The molecule has 36 heavy (non-hydrogen) atoms. The monoisotopic (exact) mass is 550 g/mol. The van der Waals surface area contributed by atoms with Crippen LogP contribution in [0.15, 0.2) is 57.3 Å². The Morgan fingerprint density at radius 3 is 2.89 bits per heavy atom. The van der Waals surface area contributed by atoms with E-state index in [0.29, 0.717) is 23.0 Å². The largest absolute Gasteiger partial charge is 0.477 e. The topological polar surface area (TPSA) is 200 Å². The molecule has 2 atom stereocenters. The second-order valence-electron chi connectivity index (χ2n) is 7.35. The maximum absolute atomic E-state index is 13.0. The summed E-state index contributed by atoms with van der Waals surface area (Å²) < 4.78 is 1.78. The Morgan fingerprint density at radius 2 is 2.19 bits per heavy atom. The number of rotatable bonds is 9. The van der Waals surface area contributed by atoms with Gasteiger partial charge in [-0.2, -0.15) is 0 Å². The highest BCUT2D eigenvalue weighted by Crippen LogP contribution is 2.46. The first-order chi connectivity index (χ1) is 17.3.